The van der Waals surface area contributed by atoms with Crippen LogP contribution in [-0.2, 0) is 4.79 Å². The van der Waals surface area contributed by atoms with Gasteiger partial charge in [-0.05, 0) is 73.2 Å². The SMILES string of the molecule is O=C(COc1ccc(Cl)cc1)N[C@@H]1C[C@H](NCCOc2ccc(Cl)cc2)C2CC21. The Morgan fingerprint density at radius 2 is 1.45 bits per heavy atom. The number of rotatable bonds is 9. The van der Waals surface area contributed by atoms with Crippen molar-refractivity contribution in [2.75, 3.05) is 19.8 Å². The molecule has 2 N–H and O–H groups in total. The van der Waals surface area contributed by atoms with Crippen molar-refractivity contribution < 1.29 is 14.3 Å². The van der Waals surface area contributed by atoms with E-state index >= 15 is 0 Å². The quantitative estimate of drug-likeness (QED) is 0.586. The predicted octanol–water partition coefficient (Wildman–Crippen LogP) is 3.93. The van der Waals surface area contributed by atoms with E-state index < -0.39 is 0 Å². The zero-order valence-electron chi connectivity index (χ0n) is 15.9. The summed E-state index contributed by atoms with van der Waals surface area (Å²) in [5.41, 5.74) is 0. The van der Waals surface area contributed by atoms with E-state index in [1.165, 1.54) is 6.42 Å². The van der Waals surface area contributed by atoms with Gasteiger partial charge >= 0.3 is 0 Å². The first-order valence-electron chi connectivity index (χ1n) is 9.88. The fourth-order valence-electron chi connectivity index (χ4n) is 4.06. The molecule has 0 aromatic heterocycles. The molecule has 2 unspecified atom stereocenters. The minimum absolute atomic E-state index is 0.0164. The van der Waals surface area contributed by atoms with Gasteiger partial charge in [-0.25, -0.2) is 0 Å². The molecule has 2 aliphatic carbocycles. The van der Waals surface area contributed by atoms with Crippen molar-refractivity contribution in [1.29, 1.82) is 0 Å². The molecule has 2 fully saturated rings. The maximum atomic E-state index is 12.2. The fourth-order valence-corrected chi connectivity index (χ4v) is 4.31. The molecule has 1 amide bonds. The molecule has 0 bridgehead atoms. The molecule has 29 heavy (non-hydrogen) atoms. The zero-order valence-corrected chi connectivity index (χ0v) is 17.5. The number of amides is 1. The van der Waals surface area contributed by atoms with Crippen LogP contribution in [0.2, 0.25) is 10.0 Å². The average Bonchev–Trinajstić information content (AvgIpc) is 3.45. The summed E-state index contributed by atoms with van der Waals surface area (Å²) in [4.78, 5) is 12.2. The lowest BCUT2D eigenvalue weighted by molar-refractivity contribution is -0.123. The highest BCUT2D eigenvalue weighted by molar-refractivity contribution is 6.30. The molecule has 0 heterocycles. The summed E-state index contributed by atoms with van der Waals surface area (Å²) in [6.45, 7) is 1.39. The van der Waals surface area contributed by atoms with E-state index in [4.69, 9.17) is 32.7 Å². The Kier molecular flexibility index (Phi) is 6.48. The van der Waals surface area contributed by atoms with Crippen LogP contribution in [0.25, 0.3) is 0 Å². The number of benzene rings is 2. The third-order valence-corrected chi connectivity index (χ3v) is 6.06. The van der Waals surface area contributed by atoms with Crippen LogP contribution < -0.4 is 20.1 Å². The van der Waals surface area contributed by atoms with Crippen LogP contribution in [0.1, 0.15) is 12.8 Å². The zero-order chi connectivity index (χ0) is 20.2. The Balaban J connectivity index is 1.14. The van der Waals surface area contributed by atoms with E-state index in [0.29, 0.717) is 40.3 Å². The lowest BCUT2D eigenvalue weighted by atomic mass is 10.1. The molecule has 2 aromatic carbocycles. The number of carbonyl (C=O) groups is 1. The van der Waals surface area contributed by atoms with Crippen molar-refractivity contribution in [2.24, 2.45) is 11.8 Å². The first-order chi connectivity index (χ1) is 14.1. The van der Waals surface area contributed by atoms with E-state index in [2.05, 4.69) is 10.6 Å². The molecule has 2 aromatic rings. The van der Waals surface area contributed by atoms with Crippen LogP contribution in [0.3, 0.4) is 0 Å². The topological polar surface area (TPSA) is 59.6 Å². The molecule has 0 spiro atoms. The van der Waals surface area contributed by atoms with Crippen LogP contribution in [0.5, 0.6) is 11.5 Å². The molecule has 4 atom stereocenters. The Morgan fingerprint density at radius 3 is 2.10 bits per heavy atom. The molecule has 0 aliphatic heterocycles. The molecule has 2 saturated carbocycles. The van der Waals surface area contributed by atoms with Crippen LogP contribution >= 0.6 is 23.2 Å². The second-order valence-electron chi connectivity index (χ2n) is 7.58. The monoisotopic (exact) mass is 434 g/mol. The first-order valence-corrected chi connectivity index (χ1v) is 10.6. The van der Waals surface area contributed by atoms with Gasteiger partial charge in [0.05, 0.1) is 0 Å². The van der Waals surface area contributed by atoms with Crippen LogP contribution in [-0.4, -0.2) is 37.7 Å². The minimum Gasteiger partial charge on any atom is -0.492 e. The van der Waals surface area contributed by atoms with Crippen molar-refractivity contribution in [3.05, 3.63) is 58.6 Å². The van der Waals surface area contributed by atoms with Gasteiger partial charge in [0.25, 0.3) is 5.91 Å². The summed E-state index contributed by atoms with van der Waals surface area (Å²) in [5, 5.41) is 8.05. The highest BCUT2D eigenvalue weighted by Gasteiger charge is 2.54. The van der Waals surface area contributed by atoms with E-state index in [9.17, 15) is 4.79 Å². The summed E-state index contributed by atoms with van der Waals surface area (Å²) in [5.74, 6) is 2.60. The lowest BCUT2D eigenvalue weighted by Gasteiger charge is -2.19. The Morgan fingerprint density at radius 1 is 0.862 bits per heavy atom. The molecule has 7 heteroatoms. The number of hydrogen-bond acceptors (Lipinski definition) is 4. The second kappa shape index (κ2) is 9.24. The van der Waals surface area contributed by atoms with E-state index in [1.54, 1.807) is 24.3 Å². The van der Waals surface area contributed by atoms with Gasteiger partial charge in [0.1, 0.15) is 18.1 Å². The van der Waals surface area contributed by atoms with Crippen LogP contribution in [0, 0.1) is 11.8 Å². The number of halogens is 2. The fraction of sp³-hybridized carbons (Fsp3) is 0.409. The third-order valence-electron chi connectivity index (χ3n) is 5.55. The molecule has 154 valence electrons. The summed E-state index contributed by atoms with van der Waals surface area (Å²) in [7, 11) is 0. The van der Waals surface area contributed by atoms with E-state index in [0.717, 1.165) is 18.7 Å². The van der Waals surface area contributed by atoms with Crippen molar-refractivity contribution in [3.63, 3.8) is 0 Å². The van der Waals surface area contributed by atoms with Gasteiger partial charge in [-0.1, -0.05) is 23.2 Å². The highest BCUT2D eigenvalue weighted by atomic mass is 35.5. The molecular formula is C22H24Cl2N2O3. The number of carbonyl (C=O) groups excluding carboxylic acids is 1. The van der Waals surface area contributed by atoms with Gasteiger partial charge in [-0.3, -0.25) is 4.79 Å². The summed E-state index contributed by atoms with van der Waals surface area (Å²) in [6, 6.07) is 15.0. The van der Waals surface area contributed by atoms with Gasteiger partial charge in [0.2, 0.25) is 0 Å². The molecule has 0 radical (unpaired) electrons. The molecule has 0 saturated heterocycles. The van der Waals surface area contributed by atoms with Crippen molar-refractivity contribution in [3.8, 4) is 11.5 Å². The van der Waals surface area contributed by atoms with Crippen molar-refractivity contribution >= 4 is 29.1 Å². The Hall–Kier alpha value is -1.95. The summed E-state index contributed by atoms with van der Waals surface area (Å²) < 4.78 is 11.3. The Bertz CT molecular complexity index is 829. The van der Waals surface area contributed by atoms with Gasteiger partial charge < -0.3 is 20.1 Å². The number of fused-ring (bicyclic) bond motifs is 1. The van der Waals surface area contributed by atoms with Gasteiger partial charge in [0, 0.05) is 28.7 Å². The maximum absolute atomic E-state index is 12.2. The van der Waals surface area contributed by atoms with Crippen LogP contribution in [0.15, 0.2) is 48.5 Å². The average molecular weight is 435 g/mol. The molecule has 5 nitrogen and oxygen atoms in total. The minimum atomic E-state index is -0.0812. The highest BCUT2D eigenvalue weighted by Crippen LogP contribution is 2.51. The van der Waals surface area contributed by atoms with Crippen LogP contribution in [0.4, 0.5) is 0 Å². The van der Waals surface area contributed by atoms with Gasteiger partial charge in [-0.2, -0.15) is 0 Å². The third kappa shape index (κ3) is 5.56. The van der Waals surface area contributed by atoms with Gasteiger partial charge in [-0.15, -0.1) is 0 Å². The van der Waals surface area contributed by atoms with E-state index in [-0.39, 0.29) is 18.6 Å². The normalized spacial score (nSPS) is 24.6. The smallest absolute Gasteiger partial charge is 0.258 e. The number of ether oxygens (including phenoxy) is 2. The van der Waals surface area contributed by atoms with E-state index in [1.807, 2.05) is 24.3 Å². The lowest BCUT2D eigenvalue weighted by Crippen LogP contribution is -2.41. The number of hydrogen-bond donors (Lipinski definition) is 2. The molecular weight excluding hydrogens is 411 g/mol. The number of nitrogens with one attached hydrogen (secondary N) is 2. The predicted molar refractivity (Wildman–Crippen MR) is 114 cm³/mol. The summed E-state index contributed by atoms with van der Waals surface area (Å²) >= 11 is 11.7. The van der Waals surface area contributed by atoms with Crippen molar-refractivity contribution in [1.82, 2.24) is 10.6 Å². The maximum Gasteiger partial charge on any atom is 0.258 e. The standard InChI is InChI=1S/C22H24Cl2N2O3/c23-14-1-5-16(6-2-14)28-10-9-25-20-12-21(19-11-18(19)20)26-22(27)13-29-17-7-3-15(24)4-8-17/h1-8,18-21,25H,9-13H2,(H,26,27)/t18?,19?,20-,21+/m0/s1. The second-order valence-corrected chi connectivity index (χ2v) is 8.45. The van der Waals surface area contributed by atoms with Crippen molar-refractivity contribution in [2.45, 2.75) is 24.9 Å². The molecule has 4 rings (SSSR count). The first kappa shape index (κ1) is 20.3. The Labute approximate surface area is 180 Å². The molecule has 2 aliphatic rings. The van der Waals surface area contributed by atoms with Gasteiger partial charge in [0.15, 0.2) is 6.61 Å². The summed E-state index contributed by atoms with van der Waals surface area (Å²) in [6.07, 6.45) is 2.11. The largest absolute Gasteiger partial charge is 0.492 e.